The van der Waals surface area contributed by atoms with E-state index < -0.39 is 0 Å². The minimum absolute atomic E-state index is 0.437. The third-order valence-electron chi connectivity index (χ3n) is 2.96. The molecule has 0 amide bonds. The van der Waals surface area contributed by atoms with Gasteiger partial charge in [-0.15, -0.1) is 11.6 Å². The molecule has 0 aliphatic carbocycles. The van der Waals surface area contributed by atoms with E-state index in [2.05, 4.69) is 22.9 Å². The number of pyridine rings is 1. The normalized spacial score (nSPS) is 21.1. The van der Waals surface area contributed by atoms with Crippen LogP contribution in [0.2, 0.25) is 0 Å². The highest BCUT2D eigenvalue weighted by Crippen LogP contribution is 2.20. The van der Waals surface area contributed by atoms with Crippen LogP contribution in [-0.4, -0.2) is 30.8 Å². The van der Waals surface area contributed by atoms with E-state index >= 15 is 0 Å². The predicted molar refractivity (Wildman–Crippen MR) is 66.0 cm³/mol. The van der Waals surface area contributed by atoms with Crippen LogP contribution in [0.15, 0.2) is 18.3 Å². The third-order valence-corrected chi connectivity index (χ3v) is 3.27. The fraction of sp³-hybridized carbons (Fsp3) is 0.583. The SMILES string of the molecule is CCC1COCCN1c1cc(CCl)ccn1. The smallest absolute Gasteiger partial charge is 0.129 e. The molecule has 1 atom stereocenters. The van der Waals surface area contributed by atoms with Crippen molar-refractivity contribution in [3.8, 4) is 0 Å². The van der Waals surface area contributed by atoms with E-state index in [1.165, 1.54) is 0 Å². The third kappa shape index (κ3) is 2.47. The van der Waals surface area contributed by atoms with E-state index in [4.69, 9.17) is 16.3 Å². The highest BCUT2D eigenvalue weighted by Gasteiger charge is 2.22. The Morgan fingerprint density at radius 1 is 1.62 bits per heavy atom. The summed E-state index contributed by atoms with van der Waals surface area (Å²) in [6.07, 6.45) is 2.90. The maximum atomic E-state index is 5.84. The highest BCUT2D eigenvalue weighted by atomic mass is 35.5. The molecule has 1 aliphatic heterocycles. The van der Waals surface area contributed by atoms with Gasteiger partial charge in [0.1, 0.15) is 5.82 Å². The molecule has 1 aromatic heterocycles. The van der Waals surface area contributed by atoms with Crippen molar-refractivity contribution in [2.75, 3.05) is 24.7 Å². The molecule has 16 heavy (non-hydrogen) atoms. The molecule has 0 radical (unpaired) electrons. The summed E-state index contributed by atoms with van der Waals surface area (Å²) in [5.41, 5.74) is 1.12. The highest BCUT2D eigenvalue weighted by molar-refractivity contribution is 6.17. The summed E-state index contributed by atoms with van der Waals surface area (Å²) in [7, 11) is 0. The van der Waals surface area contributed by atoms with Crippen molar-refractivity contribution < 1.29 is 4.74 Å². The number of ether oxygens (including phenoxy) is 1. The molecule has 0 spiro atoms. The van der Waals surface area contributed by atoms with Crippen molar-refractivity contribution in [3.63, 3.8) is 0 Å². The number of alkyl halides is 1. The first-order valence-corrected chi connectivity index (χ1v) is 6.24. The molecule has 0 bridgehead atoms. The Morgan fingerprint density at radius 3 is 3.25 bits per heavy atom. The molecule has 0 N–H and O–H groups in total. The lowest BCUT2D eigenvalue weighted by atomic mass is 10.1. The molecular formula is C12H17ClN2O. The molecule has 1 fully saturated rings. The van der Waals surface area contributed by atoms with Gasteiger partial charge in [-0.2, -0.15) is 0 Å². The van der Waals surface area contributed by atoms with Crippen LogP contribution in [-0.2, 0) is 10.6 Å². The second kappa shape index (κ2) is 5.51. The van der Waals surface area contributed by atoms with Crippen LogP contribution in [0.5, 0.6) is 0 Å². The lowest BCUT2D eigenvalue weighted by Gasteiger charge is -2.36. The predicted octanol–water partition coefficient (Wildman–Crippen LogP) is 2.44. The Bertz CT molecular complexity index is 346. The van der Waals surface area contributed by atoms with Crippen LogP contribution >= 0.6 is 11.6 Å². The van der Waals surface area contributed by atoms with Gasteiger partial charge in [-0.3, -0.25) is 0 Å². The zero-order chi connectivity index (χ0) is 11.4. The molecular weight excluding hydrogens is 224 g/mol. The van der Waals surface area contributed by atoms with Gasteiger partial charge < -0.3 is 9.64 Å². The quantitative estimate of drug-likeness (QED) is 0.759. The molecule has 2 heterocycles. The van der Waals surface area contributed by atoms with Crippen LogP contribution in [0.4, 0.5) is 5.82 Å². The molecule has 1 saturated heterocycles. The van der Waals surface area contributed by atoms with E-state index in [0.29, 0.717) is 11.9 Å². The van der Waals surface area contributed by atoms with Gasteiger partial charge in [-0.1, -0.05) is 6.92 Å². The first-order chi connectivity index (χ1) is 7.85. The maximum Gasteiger partial charge on any atom is 0.129 e. The van der Waals surface area contributed by atoms with Gasteiger partial charge in [-0.25, -0.2) is 4.98 Å². The van der Waals surface area contributed by atoms with Crippen molar-refractivity contribution in [3.05, 3.63) is 23.9 Å². The fourth-order valence-corrected chi connectivity index (χ4v) is 2.16. The van der Waals surface area contributed by atoms with Crippen LogP contribution in [0.1, 0.15) is 18.9 Å². The summed E-state index contributed by atoms with van der Waals surface area (Å²) >= 11 is 5.84. The lowest BCUT2D eigenvalue weighted by Crippen LogP contribution is -2.45. The van der Waals surface area contributed by atoms with Crippen molar-refractivity contribution in [2.24, 2.45) is 0 Å². The Hall–Kier alpha value is -0.800. The van der Waals surface area contributed by atoms with E-state index in [-0.39, 0.29) is 0 Å². The topological polar surface area (TPSA) is 25.4 Å². The van der Waals surface area contributed by atoms with Crippen molar-refractivity contribution in [1.29, 1.82) is 0 Å². The van der Waals surface area contributed by atoms with Crippen LogP contribution < -0.4 is 4.90 Å². The number of halogens is 1. The Kier molecular flexibility index (Phi) is 4.02. The lowest BCUT2D eigenvalue weighted by molar-refractivity contribution is 0.0925. The minimum atomic E-state index is 0.437. The van der Waals surface area contributed by atoms with Crippen LogP contribution in [0.25, 0.3) is 0 Å². The summed E-state index contributed by atoms with van der Waals surface area (Å²) in [4.78, 5) is 6.74. The van der Waals surface area contributed by atoms with Crippen molar-refractivity contribution >= 4 is 17.4 Å². The molecule has 3 nitrogen and oxygen atoms in total. The van der Waals surface area contributed by atoms with Crippen molar-refractivity contribution in [1.82, 2.24) is 4.98 Å². The summed E-state index contributed by atoms with van der Waals surface area (Å²) in [6, 6.07) is 4.46. The molecule has 2 rings (SSSR count). The summed E-state index contributed by atoms with van der Waals surface area (Å²) in [6.45, 7) is 4.67. The summed E-state index contributed by atoms with van der Waals surface area (Å²) in [5.74, 6) is 1.56. The molecule has 1 aromatic rings. The van der Waals surface area contributed by atoms with Gasteiger partial charge in [-0.05, 0) is 24.1 Å². The number of nitrogens with zero attached hydrogens (tertiary/aromatic N) is 2. The van der Waals surface area contributed by atoms with Crippen LogP contribution in [0.3, 0.4) is 0 Å². The van der Waals surface area contributed by atoms with Gasteiger partial charge in [0, 0.05) is 18.6 Å². The number of hydrogen-bond acceptors (Lipinski definition) is 3. The number of anilines is 1. The van der Waals surface area contributed by atoms with Crippen LogP contribution in [0, 0.1) is 0 Å². The summed E-state index contributed by atoms with van der Waals surface area (Å²) < 4.78 is 5.49. The molecule has 1 unspecified atom stereocenters. The average molecular weight is 241 g/mol. The second-order valence-corrected chi connectivity index (χ2v) is 4.25. The zero-order valence-electron chi connectivity index (χ0n) is 9.53. The first kappa shape index (κ1) is 11.7. The zero-order valence-corrected chi connectivity index (χ0v) is 10.3. The number of aromatic nitrogens is 1. The first-order valence-electron chi connectivity index (χ1n) is 5.70. The molecule has 0 saturated carbocycles. The maximum absolute atomic E-state index is 5.84. The van der Waals surface area contributed by atoms with Crippen molar-refractivity contribution in [2.45, 2.75) is 25.3 Å². The van der Waals surface area contributed by atoms with Gasteiger partial charge in [0.25, 0.3) is 0 Å². The molecule has 4 heteroatoms. The summed E-state index contributed by atoms with van der Waals surface area (Å²) in [5, 5.41) is 0. The fourth-order valence-electron chi connectivity index (χ4n) is 2.00. The monoisotopic (exact) mass is 240 g/mol. The van der Waals surface area contributed by atoms with Gasteiger partial charge in [0.2, 0.25) is 0 Å². The van der Waals surface area contributed by atoms with Gasteiger partial charge in [0.05, 0.1) is 19.3 Å². The largest absolute Gasteiger partial charge is 0.377 e. The molecule has 88 valence electrons. The number of rotatable bonds is 3. The Balaban J connectivity index is 2.20. The Labute approximate surface area is 101 Å². The average Bonchev–Trinajstić information content (AvgIpc) is 2.38. The van der Waals surface area contributed by atoms with E-state index in [1.807, 2.05) is 12.3 Å². The molecule has 0 aromatic carbocycles. The minimum Gasteiger partial charge on any atom is -0.377 e. The van der Waals surface area contributed by atoms with E-state index in [1.54, 1.807) is 0 Å². The standard InChI is InChI=1S/C12H17ClN2O/c1-2-11-9-16-6-5-15(11)12-7-10(8-13)3-4-14-12/h3-4,7,11H,2,5-6,8-9H2,1H3. The molecule has 1 aliphatic rings. The number of hydrogen-bond donors (Lipinski definition) is 0. The Morgan fingerprint density at radius 2 is 2.50 bits per heavy atom. The second-order valence-electron chi connectivity index (χ2n) is 3.99. The number of morpholine rings is 1. The van der Waals surface area contributed by atoms with Gasteiger partial charge >= 0.3 is 0 Å². The van der Waals surface area contributed by atoms with E-state index in [9.17, 15) is 0 Å². The van der Waals surface area contributed by atoms with E-state index in [0.717, 1.165) is 37.6 Å². The van der Waals surface area contributed by atoms with Gasteiger partial charge in [0.15, 0.2) is 0 Å².